The van der Waals surface area contributed by atoms with Crippen LogP contribution in [0, 0.1) is 13.8 Å². The fourth-order valence-electron chi connectivity index (χ4n) is 2.27. The summed E-state index contributed by atoms with van der Waals surface area (Å²) in [5.74, 6) is 0. The third-order valence-electron chi connectivity index (χ3n) is 3.31. The van der Waals surface area contributed by atoms with Crippen molar-refractivity contribution in [3.8, 4) is 0 Å². The summed E-state index contributed by atoms with van der Waals surface area (Å²) in [6.45, 7) is 5.33. The molecule has 1 aliphatic carbocycles. The van der Waals surface area contributed by atoms with Crippen molar-refractivity contribution < 1.29 is 0 Å². The molecule has 1 nitrogen and oxygen atoms in total. The third kappa shape index (κ3) is 2.96. The van der Waals surface area contributed by atoms with E-state index < -0.39 is 0 Å². The lowest BCUT2D eigenvalue weighted by Gasteiger charge is -2.18. The minimum Gasteiger partial charge on any atom is -0.306 e. The van der Waals surface area contributed by atoms with Gasteiger partial charge in [0, 0.05) is 12.6 Å². The standard InChI is InChI=1S/C15H21N/c1-12-8-9-14(13(2)10-12)11-16-15-6-4-3-5-7-15/h4,6,8-10,15-16H,3,5,7,11H2,1-2H3. The maximum Gasteiger partial charge on any atom is 0.0253 e. The Morgan fingerprint density at radius 3 is 2.88 bits per heavy atom. The maximum absolute atomic E-state index is 3.61. The lowest BCUT2D eigenvalue weighted by Crippen LogP contribution is -2.28. The largest absolute Gasteiger partial charge is 0.306 e. The molecular formula is C15H21N. The van der Waals surface area contributed by atoms with E-state index in [-0.39, 0.29) is 0 Å². The lowest BCUT2D eigenvalue weighted by molar-refractivity contribution is 0.521. The van der Waals surface area contributed by atoms with Gasteiger partial charge >= 0.3 is 0 Å². The van der Waals surface area contributed by atoms with Gasteiger partial charge in [0.25, 0.3) is 0 Å². The normalized spacial score (nSPS) is 20.0. The molecule has 0 aromatic heterocycles. The van der Waals surface area contributed by atoms with Crippen molar-refractivity contribution in [2.24, 2.45) is 0 Å². The van der Waals surface area contributed by atoms with Gasteiger partial charge < -0.3 is 5.32 Å². The first-order chi connectivity index (χ1) is 7.75. The van der Waals surface area contributed by atoms with E-state index in [1.54, 1.807) is 0 Å². The van der Waals surface area contributed by atoms with E-state index in [4.69, 9.17) is 0 Å². The molecule has 1 aliphatic rings. The van der Waals surface area contributed by atoms with Gasteiger partial charge in [-0.05, 0) is 44.2 Å². The Hall–Kier alpha value is -1.08. The molecule has 1 heteroatoms. The summed E-state index contributed by atoms with van der Waals surface area (Å²) >= 11 is 0. The van der Waals surface area contributed by atoms with Crippen LogP contribution < -0.4 is 5.32 Å². The summed E-state index contributed by atoms with van der Waals surface area (Å²) in [6.07, 6.45) is 8.46. The fraction of sp³-hybridized carbons (Fsp3) is 0.467. The smallest absolute Gasteiger partial charge is 0.0253 e. The second kappa shape index (κ2) is 5.31. The first kappa shape index (κ1) is 11.4. The van der Waals surface area contributed by atoms with E-state index in [2.05, 4.69) is 49.5 Å². The average molecular weight is 215 g/mol. The van der Waals surface area contributed by atoms with Gasteiger partial charge in [-0.1, -0.05) is 35.9 Å². The molecule has 0 amide bonds. The number of benzene rings is 1. The highest BCUT2D eigenvalue weighted by molar-refractivity contribution is 5.30. The molecule has 1 N–H and O–H groups in total. The molecule has 0 spiro atoms. The molecule has 0 aliphatic heterocycles. The number of nitrogens with one attached hydrogen (secondary N) is 1. The highest BCUT2D eigenvalue weighted by atomic mass is 14.9. The molecule has 86 valence electrons. The number of hydrogen-bond acceptors (Lipinski definition) is 1. The van der Waals surface area contributed by atoms with Crippen molar-refractivity contribution in [2.45, 2.75) is 45.7 Å². The van der Waals surface area contributed by atoms with Crippen LogP contribution in [-0.2, 0) is 6.54 Å². The molecule has 1 aromatic rings. The van der Waals surface area contributed by atoms with Gasteiger partial charge in [0.2, 0.25) is 0 Å². The predicted octanol–water partition coefficient (Wildman–Crippen LogP) is 3.50. The first-order valence-corrected chi connectivity index (χ1v) is 6.22. The Morgan fingerprint density at radius 2 is 2.19 bits per heavy atom. The minimum atomic E-state index is 0.578. The molecule has 1 aromatic carbocycles. The Bertz CT molecular complexity index is 379. The van der Waals surface area contributed by atoms with Crippen molar-refractivity contribution >= 4 is 0 Å². The van der Waals surface area contributed by atoms with Crippen LogP contribution in [0.25, 0.3) is 0 Å². The zero-order chi connectivity index (χ0) is 11.4. The van der Waals surface area contributed by atoms with Crippen LogP contribution in [0.1, 0.15) is 36.0 Å². The SMILES string of the molecule is Cc1ccc(CNC2C=CCCC2)c(C)c1. The van der Waals surface area contributed by atoms with Gasteiger partial charge in [-0.2, -0.15) is 0 Å². The molecule has 0 saturated heterocycles. The van der Waals surface area contributed by atoms with Crippen molar-refractivity contribution in [2.75, 3.05) is 0 Å². The van der Waals surface area contributed by atoms with Crippen LogP contribution in [0.2, 0.25) is 0 Å². The van der Waals surface area contributed by atoms with Gasteiger partial charge in [0.05, 0.1) is 0 Å². The summed E-state index contributed by atoms with van der Waals surface area (Å²) in [6, 6.07) is 7.27. The summed E-state index contributed by atoms with van der Waals surface area (Å²) in [5.41, 5.74) is 4.16. The Balaban J connectivity index is 1.93. The van der Waals surface area contributed by atoms with Crippen LogP contribution in [0.5, 0.6) is 0 Å². The summed E-state index contributed by atoms with van der Waals surface area (Å²) in [7, 11) is 0. The molecule has 0 fully saturated rings. The summed E-state index contributed by atoms with van der Waals surface area (Å²) in [5, 5.41) is 3.61. The topological polar surface area (TPSA) is 12.0 Å². The van der Waals surface area contributed by atoms with Crippen LogP contribution in [0.4, 0.5) is 0 Å². The fourth-order valence-corrected chi connectivity index (χ4v) is 2.27. The van der Waals surface area contributed by atoms with Crippen molar-refractivity contribution in [3.05, 3.63) is 47.0 Å². The van der Waals surface area contributed by atoms with E-state index >= 15 is 0 Å². The molecule has 0 saturated carbocycles. The third-order valence-corrected chi connectivity index (χ3v) is 3.31. The number of allylic oxidation sites excluding steroid dienone is 1. The number of aryl methyl sites for hydroxylation is 2. The van der Waals surface area contributed by atoms with Crippen molar-refractivity contribution in [3.63, 3.8) is 0 Å². The van der Waals surface area contributed by atoms with Crippen molar-refractivity contribution in [1.29, 1.82) is 0 Å². The van der Waals surface area contributed by atoms with Gasteiger partial charge in [0.15, 0.2) is 0 Å². The van der Waals surface area contributed by atoms with Crippen molar-refractivity contribution in [1.82, 2.24) is 5.32 Å². The second-order valence-electron chi connectivity index (χ2n) is 4.78. The Kier molecular flexibility index (Phi) is 3.79. The van der Waals surface area contributed by atoms with E-state index in [1.165, 1.54) is 36.0 Å². The summed E-state index contributed by atoms with van der Waals surface area (Å²) < 4.78 is 0. The zero-order valence-electron chi connectivity index (χ0n) is 10.3. The highest BCUT2D eigenvalue weighted by Crippen LogP contribution is 2.13. The molecule has 2 rings (SSSR count). The van der Waals surface area contributed by atoms with Crippen LogP contribution in [-0.4, -0.2) is 6.04 Å². The van der Waals surface area contributed by atoms with Gasteiger partial charge in [-0.3, -0.25) is 0 Å². The van der Waals surface area contributed by atoms with Crippen LogP contribution in [0.3, 0.4) is 0 Å². The van der Waals surface area contributed by atoms with Gasteiger partial charge in [-0.15, -0.1) is 0 Å². The lowest BCUT2D eigenvalue weighted by atomic mass is 10.0. The van der Waals surface area contributed by atoms with Crippen LogP contribution in [0.15, 0.2) is 30.4 Å². The maximum atomic E-state index is 3.61. The van der Waals surface area contributed by atoms with E-state index in [0.717, 1.165) is 6.54 Å². The monoisotopic (exact) mass is 215 g/mol. The van der Waals surface area contributed by atoms with Crippen LogP contribution >= 0.6 is 0 Å². The van der Waals surface area contributed by atoms with Gasteiger partial charge in [0.1, 0.15) is 0 Å². The number of rotatable bonds is 3. The van der Waals surface area contributed by atoms with E-state index in [0.29, 0.717) is 6.04 Å². The Morgan fingerprint density at radius 1 is 1.31 bits per heavy atom. The number of hydrogen-bond donors (Lipinski definition) is 1. The molecule has 0 heterocycles. The molecule has 0 radical (unpaired) electrons. The minimum absolute atomic E-state index is 0.578. The van der Waals surface area contributed by atoms with E-state index in [9.17, 15) is 0 Å². The molecule has 16 heavy (non-hydrogen) atoms. The van der Waals surface area contributed by atoms with Gasteiger partial charge in [-0.25, -0.2) is 0 Å². The quantitative estimate of drug-likeness (QED) is 0.761. The molecule has 1 unspecified atom stereocenters. The molecule has 0 bridgehead atoms. The van der Waals surface area contributed by atoms with E-state index in [1.807, 2.05) is 0 Å². The average Bonchev–Trinajstić information content (AvgIpc) is 2.29. The summed E-state index contributed by atoms with van der Waals surface area (Å²) in [4.78, 5) is 0. The highest BCUT2D eigenvalue weighted by Gasteiger charge is 2.07. The second-order valence-corrected chi connectivity index (χ2v) is 4.78. The Labute approximate surface area is 98.6 Å². The first-order valence-electron chi connectivity index (χ1n) is 6.22. The zero-order valence-corrected chi connectivity index (χ0v) is 10.3. The molecular weight excluding hydrogens is 194 g/mol. The predicted molar refractivity (Wildman–Crippen MR) is 69.5 cm³/mol. The molecule has 1 atom stereocenters.